The lowest BCUT2D eigenvalue weighted by molar-refractivity contribution is -0.154. The topological polar surface area (TPSA) is 114 Å². The Morgan fingerprint density at radius 3 is 2.39 bits per heavy atom. The van der Waals surface area contributed by atoms with Gasteiger partial charge in [-0.3, -0.25) is 9.59 Å². The first-order valence-electron chi connectivity index (χ1n) is 10.1. The second-order valence-electron chi connectivity index (χ2n) is 8.00. The van der Waals surface area contributed by atoms with Crippen LogP contribution >= 0.6 is 0 Å². The molecule has 0 fully saturated rings. The summed E-state index contributed by atoms with van der Waals surface area (Å²) in [6.45, 7) is 10.8. The molecule has 0 saturated carbocycles. The number of carbonyl (C=O) groups is 2. The molecular formula is C23H29N3O5. The fourth-order valence-electron chi connectivity index (χ4n) is 2.68. The number of nitriles is 1. The summed E-state index contributed by atoms with van der Waals surface area (Å²) in [6, 6.07) is 9.15. The van der Waals surface area contributed by atoms with Crippen molar-refractivity contribution in [3.05, 3.63) is 46.8 Å². The lowest BCUT2D eigenvalue weighted by atomic mass is 9.90. The maximum atomic E-state index is 12.3. The van der Waals surface area contributed by atoms with Gasteiger partial charge in [0, 0.05) is 0 Å². The average molecular weight is 428 g/mol. The molecule has 2 rings (SSSR count). The van der Waals surface area contributed by atoms with E-state index in [9.17, 15) is 14.9 Å². The van der Waals surface area contributed by atoms with Crippen molar-refractivity contribution in [3.8, 4) is 11.8 Å². The van der Waals surface area contributed by atoms with E-state index in [0.717, 1.165) is 22.6 Å². The number of hydrogen-bond acceptors (Lipinski definition) is 7. The van der Waals surface area contributed by atoms with E-state index in [4.69, 9.17) is 14.0 Å². The summed E-state index contributed by atoms with van der Waals surface area (Å²) in [5, 5.41) is 15.9. The summed E-state index contributed by atoms with van der Waals surface area (Å²) >= 11 is 0. The van der Waals surface area contributed by atoms with E-state index >= 15 is 0 Å². The van der Waals surface area contributed by atoms with Crippen LogP contribution in [0.25, 0.3) is 0 Å². The summed E-state index contributed by atoms with van der Waals surface area (Å²) in [5.74, 6) is 0.236. The summed E-state index contributed by atoms with van der Waals surface area (Å²) in [5.41, 5.74) is 1.40. The number of benzene rings is 1. The molecule has 2 atom stereocenters. The molecule has 0 radical (unpaired) electrons. The van der Waals surface area contributed by atoms with E-state index in [0.29, 0.717) is 12.4 Å². The van der Waals surface area contributed by atoms with Gasteiger partial charge in [-0.25, -0.2) is 0 Å². The molecule has 0 aliphatic heterocycles. The van der Waals surface area contributed by atoms with Gasteiger partial charge in [-0.1, -0.05) is 31.1 Å². The van der Waals surface area contributed by atoms with Crippen molar-refractivity contribution in [2.24, 2.45) is 5.92 Å². The lowest BCUT2D eigenvalue weighted by Crippen LogP contribution is -2.52. The zero-order valence-corrected chi connectivity index (χ0v) is 18.8. The summed E-state index contributed by atoms with van der Waals surface area (Å²) in [7, 11) is 0. The van der Waals surface area contributed by atoms with Crippen molar-refractivity contribution in [1.29, 1.82) is 5.26 Å². The average Bonchev–Trinajstić information content (AvgIpc) is 3.04. The van der Waals surface area contributed by atoms with Crippen molar-refractivity contribution >= 4 is 11.9 Å². The minimum Gasteiger partial charge on any atom is -0.489 e. The van der Waals surface area contributed by atoms with Gasteiger partial charge in [0.05, 0.1) is 23.7 Å². The highest BCUT2D eigenvalue weighted by Crippen LogP contribution is 2.19. The number of nitrogens with one attached hydrogen (secondary N) is 1. The molecule has 8 heteroatoms. The number of aromatic nitrogens is 1. The van der Waals surface area contributed by atoms with Gasteiger partial charge in [0.1, 0.15) is 23.7 Å². The van der Waals surface area contributed by atoms with Gasteiger partial charge in [0.2, 0.25) is 0 Å². The van der Waals surface area contributed by atoms with E-state index in [1.807, 2.05) is 27.7 Å². The Morgan fingerprint density at radius 2 is 1.87 bits per heavy atom. The van der Waals surface area contributed by atoms with Crippen LogP contribution in [-0.4, -0.2) is 28.7 Å². The van der Waals surface area contributed by atoms with Crippen molar-refractivity contribution in [2.75, 3.05) is 0 Å². The molecule has 31 heavy (non-hydrogen) atoms. The van der Waals surface area contributed by atoms with E-state index in [2.05, 4.69) is 16.5 Å². The van der Waals surface area contributed by atoms with Crippen molar-refractivity contribution in [2.45, 2.75) is 66.2 Å². The SMILES string of the molecule is Cc1noc(C)c1COc1ccc(CC(=O)O[C@H](C)C(=O)N[C@](C)(C#N)C(C)C)cc1. The van der Waals surface area contributed by atoms with Gasteiger partial charge >= 0.3 is 5.97 Å². The molecule has 8 nitrogen and oxygen atoms in total. The predicted octanol–water partition coefficient (Wildman–Crippen LogP) is 3.40. The molecule has 0 unspecified atom stereocenters. The maximum absolute atomic E-state index is 12.3. The normalized spacial score (nSPS) is 13.7. The maximum Gasteiger partial charge on any atom is 0.311 e. The molecule has 0 spiro atoms. The number of nitrogens with zero attached hydrogens (tertiary/aromatic N) is 2. The third-order valence-electron chi connectivity index (χ3n) is 5.28. The summed E-state index contributed by atoms with van der Waals surface area (Å²) in [4.78, 5) is 24.5. The van der Waals surface area contributed by atoms with E-state index in [1.54, 1.807) is 31.2 Å². The van der Waals surface area contributed by atoms with Gasteiger partial charge < -0.3 is 19.3 Å². The summed E-state index contributed by atoms with van der Waals surface area (Å²) < 4.78 is 16.1. The Kier molecular flexibility index (Phi) is 7.81. The molecule has 1 amide bonds. The second-order valence-corrected chi connectivity index (χ2v) is 8.00. The third-order valence-corrected chi connectivity index (χ3v) is 5.28. The molecule has 2 aromatic rings. The first kappa shape index (κ1) is 23.9. The molecule has 0 aliphatic rings. The zero-order valence-electron chi connectivity index (χ0n) is 18.8. The van der Waals surface area contributed by atoms with Gasteiger partial charge in [-0.05, 0) is 51.3 Å². The van der Waals surface area contributed by atoms with Gasteiger partial charge in [0.25, 0.3) is 5.91 Å². The molecule has 0 saturated heterocycles. The minimum absolute atomic E-state index is 0.0153. The van der Waals surface area contributed by atoms with Crippen LogP contribution in [0.2, 0.25) is 0 Å². The van der Waals surface area contributed by atoms with Crippen LogP contribution in [0.1, 0.15) is 50.3 Å². The molecule has 0 aliphatic carbocycles. The van der Waals surface area contributed by atoms with Crippen LogP contribution in [0.5, 0.6) is 5.75 Å². The number of amides is 1. The van der Waals surface area contributed by atoms with E-state index in [1.165, 1.54) is 6.92 Å². The number of ether oxygens (including phenoxy) is 2. The standard InChI is InChI=1S/C23H29N3O5/c1-14(2)23(6,13-24)25-22(28)17(5)30-21(27)11-18-7-9-19(10-8-18)29-12-20-15(3)26-31-16(20)4/h7-10,14,17H,11-12H2,1-6H3,(H,25,28)/t17-,23-/m1/s1. The zero-order chi connectivity index (χ0) is 23.2. The second kappa shape index (κ2) is 10.1. The molecule has 1 aromatic carbocycles. The highest BCUT2D eigenvalue weighted by atomic mass is 16.5. The Hall–Kier alpha value is -3.34. The largest absolute Gasteiger partial charge is 0.489 e. The van der Waals surface area contributed by atoms with Crippen LogP contribution in [0.4, 0.5) is 0 Å². The minimum atomic E-state index is -1.03. The number of esters is 1. The van der Waals surface area contributed by atoms with E-state index < -0.39 is 23.5 Å². The molecule has 1 heterocycles. The highest BCUT2D eigenvalue weighted by Gasteiger charge is 2.32. The first-order valence-corrected chi connectivity index (χ1v) is 10.1. The van der Waals surface area contributed by atoms with Crippen molar-refractivity contribution in [1.82, 2.24) is 10.5 Å². The quantitative estimate of drug-likeness (QED) is 0.610. The Morgan fingerprint density at radius 1 is 1.23 bits per heavy atom. The molecule has 1 aromatic heterocycles. The smallest absolute Gasteiger partial charge is 0.311 e. The van der Waals surface area contributed by atoms with Gasteiger partial charge in [-0.2, -0.15) is 5.26 Å². The molecule has 1 N–H and O–H groups in total. The van der Waals surface area contributed by atoms with Gasteiger partial charge in [-0.15, -0.1) is 0 Å². The number of carbonyl (C=O) groups excluding carboxylic acids is 2. The predicted molar refractivity (Wildman–Crippen MR) is 113 cm³/mol. The third kappa shape index (κ3) is 6.32. The van der Waals surface area contributed by atoms with Crippen LogP contribution in [0.3, 0.4) is 0 Å². The number of rotatable bonds is 9. The van der Waals surface area contributed by atoms with E-state index in [-0.39, 0.29) is 12.3 Å². The molecule has 166 valence electrons. The van der Waals surface area contributed by atoms with Crippen LogP contribution < -0.4 is 10.1 Å². The van der Waals surface area contributed by atoms with Crippen LogP contribution in [0, 0.1) is 31.1 Å². The molecular weight excluding hydrogens is 398 g/mol. The Labute approximate surface area is 182 Å². The monoisotopic (exact) mass is 427 g/mol. The summed E-state index contributed by atoms with van der Waals surface area (Å²) in [6.07, 6.45) is -0.988. The van der Waals surface area contributed by atoms with Crippen LogP contribution in [-0.2, 0) is 27.4 Å². The van der Waals surface area contributed by atoms with Crippen molar-refractivity contribution < 1.29 is 23.6 Å². The first-order chi connectivity index (χ1) is 14.6. The fraction of sp³-hybridized carbons (Fsp3) is 0.478. The Bertz CT molecular complexity index is 939. The fourth-order valence-corrected chi connectivity index (χ4v) is 2.68. The Balaban J connectivity index is 1.86. The highest BCUT2D eigenvalue weighted by molar-refractivity contribution is 5.84. The van der Waals surface area contributed by atoms with Gasteiger partial charge in [0.15, 0.2) is 6.10 Å². The lowest BCUT2D eigenvalue weighted by Gasteiger charge is -2.28. The number of aryl methyl sites for hydroxylation is 2. The van der Waals surface area contributed by atoms with Crippen LogP contribution in [0.15, 0.2) is 28.8 Å². The number of hydrogen-bond donors (Lipinski definition) is 1. The molecule has 0 bridgehead atoms. The van der Waals surface area contributed by atoms with Crippen molar-refractivity contribution in [3.63, 3.8) is 0 Å².